The van der Waals surface area contributed by atoms with Crippen molar-refractivity contribution in [1.29, 1.82) is 0 Å². The third-order valence-corrected chi connectivity index (χ3v) is 6.27. The number of carbonyl (C=O) groups is 1. The topological polar surface area (TPSA) is 32.3 Å². The number of fused-ring (bicyclic) bond motifs is 1. The lowest BCUT2D eigenvalue weighted by Crippen LogP contribution is -2.52. The third-order valence-electron chi connectivity index (χ3n) is 5.93. The molecule has 0 radical (unpaired) electrons. The van der Waals surface area contributed by atoms with Gasteiger partial charge in [0.15, 0.2) is 0 Å². The molecule has 5 heteroatoms. The normalized spacial score (nSPS) is 25.6. The SMILES string of the molecule is O=C(NC1CCN2CC(c3ccccc3Cl)CCC2C1)c1ccc(F)cc1. The van der Waals surface area contributed by atoms with Crippen LogP contribution in [0.3, 0.4) is 0 Å². The second-order valence-corrected chi connectivity index (χ2v) is 8.05. The summed E-state index contributed by atoms with van der Waals surface area (Å²) in [7, 11) is 0. The van der Waals surface area contributed by atoms with Crippen molar-refractivity contribution in [2.75, 3.05) is 13.1 Å². The Morgan fingerprint density at radius 2 is 1.85 bits per heavy atom. The molecule has 3 nitrogen and oxygen atoms in total. The molecule has 27 heavy (non-hydrogen) atoms. The number of carbonyl (C=O) groups excluding carboxylic acids is 1. The summed E-state index contributed by atoms with van der Waals surface area (Å²) in [6.07, 6.45) is 4.17. The molecule has 4 rings (SSSR count). The van der Waals surface area contributed by atoms with E-state index in [1.54, 1.807) is 0 Å². The van der Waals surface area contributed by atoms with Crippen LogP contribution in [-0.4, -0.2) is 36.0 Å². The van der Waals surface area contributed by atoms with E-state index in [1.807, 2.05) is 12.1 Å². The van der Waals surface area contributed by atoms with Gasteiger partial charge in [-0.15, -0.1) is 0 Å². The van der Waals surface area contributed by atoms with Crippen molar-refractivity contribution < 1.29 is 9.18 Å². The number of amides is 1. The van der Waals surface area contributed by atoms with Gasteiger partial charge in [0.05, 0.1) is 0 Å². The summed E-state index contributed by atoms with van der Waals surface area (Å²) in [4.78, 5) is 15.0. The summed E-state index contributed by atoms with van der Waals surface area (Å²) in [5, 5.41) is 3.99. The molecular weight excluding hydrogens is 363 g/mol. The van der Waals surface area contributed by atoms with Crippen molar-refractivity contribution in [2.45, 2.75) is 43.7 Å². The van der Waals surface area contributed by atoms with E-state index in [0.29, 0.717) is 17.5 Å². The van der Waals surface area contributed by atoms with Crippen molar-refractivity contribution in [3.05, 3.63) is 70.5 Å². The maximum absolute atomic E-state index is 13.0. The van der Waals surface area contributed by atoms with Crippen LogP contribution in [0, 0.1) is 5.82 Å². The fraction of sp³-hybridized carbons (Fsp3) is 0.409. The molecule has 2 saturated heterocycles. The van der Waals surface area contributed by atoms with E-state index in [2.05, 4.69) is 22.3 Å². The van der Waals surface area contributed by atoms with Crippen molar-refractivity contribution in [1.82, 2.24) is 10.2 Å². The summed E-state index contributed by atoms with van der Waals surface area (Å²) >= 11 is 6.39. The highest BCUT2D eigenvalue weighted by atomic mass is 35.5. The summed E-state index contributed by atoms with van der Waals surface area (Å²) in [5.41, 5.74) is 1.77. The van der Waals surface area contributed by atoms with E-state index in [-0.39, 0.29) is 17.8 Å². The first-order chi connectivity index (χ1) is 13.1. The number of hydrogen-bond donors (Lipinski definition) is 1. The maximum atomic E-state index is 13.0. The Bertz CT molecular complexity index is 810. The summed E-state index contributed by atoms with van der Waals surface area (Å²) < 4.78 is 13.0. The molecule has 2 aromatic rings. The van der Waals surface area contributed by atoms with Crippen molar-refractivity contribution in [3.8, 4) is 0 Å². The Labute approximate surface area is 164 Å². The van der Waals surface area contributed by atoms with E-state index in [0.717, 1.165) is 43.8 Å². The molecular formula is C22H24ClFN2O. The van der Waals surface area contributed by atoms with Gasteiger partial charge in [-0.1, -0.05) is 29.8 Å². The van der Waals surface area contributed by atoms with Gasteiger partial charge in [-0.05, 0) is 67.5 Å². The van der Waals surface area contributed by atoms with Gasteiger partial charge >= 0.3 is 0 Å². The average molecular weight is 387 g/mol. The molecule has 1 amide bonds. The zero-order chi connectivity index (χ0) is 18.8. The lowest BCUT2D eigenvalue weighted by molar-refractivity contribution is 0.0705. The largest absolute Gasteiger partial charge is 0.349 e. The van der Waals surface area contributed by atoms with E-state index in [4.69, 9.17) is 11.6 Å². The first-order valence-corrected chi connectivity index (χ1v) is 10.0. The van der Waals surface area contributed by atoms with Gasteiger partial charge in [0.25, 0.3) is 5.91 Å². The minimum atomic E-state index is -0.324. The van der Waals surface area contributed by atoms with Crippen molar-refractivity contribution in [3.63, 3.8) is 0 Å². The molecule has 0 aromatic heterocycles. The molecule has 2 fully saturated rings. The number of nitrogens with zero attached hydrogens (tertiary/aromatic N) is 1. The summed E-state index contributed by atoms with van der Waals surface area (Å²) in [6.45, 7) is 2.02. The van der Waals surface area contributed by atoms with Crippen LogP contribution < -0.4 is 5.32 Å². The molecule has 3 unspecified atom stereocenters. The van der Waals surface area contributed by atoms with Gasteiger partial charge in [-0.2, -0.15) is 0 Å². The second-order valence-electron chi connectivity index (χ2n) is 7.65. The monoisotopic (exact) mass is 386 g/mol. The van der Waals surface area contributed by atoms with E-state index in [9.17, 15) is 9.18 Å². The van der Waals surface area contributed by atoms with Gasteiger partial charge in [-0.25, -0.2) is 4.39 Å². The number of rotatable bonds is 3. The van der Waals surface area contributed by atoms with Crippen LogP contribution in [0.25, 0.3) is 0 Å². The number of nitrogens with one attached hydrogen (secondary N) is 1. The molecule has 142 valence electrons. The zero-order valence-electron chi connectivity index (χ0n) is 15.2. The highest BCUT2D eigenvalue weighted by molar-refractivity contribution is 6.31. The van der Waals surface area contributed by atoms with Crippen LogP contribution in [0.1, 0.15) is 47.5 Å². The first kappa shape index (κ1) is 18.5. The predicted octanol–water partition coefficient (Wildman–Crippen LogP) is 4.62. The maximum Gasteiger partial charge on any atom is 0.251 e. The standard InChI is InChI=1S/C22H24ClFN2O/c23-21-4-2-1-3-20(21)16-7-10-19-13-18(11-12-26(19)14-16)25-22(27)15-5-8-17(24)9-6-15/h1-6,8-9,16,18-19H,7,10-14H2,(H,25,27). The van der Waals surface area contributed by atoms with Crippen LogP contribution in [0.2, 0.25) is 5.02 Å². The van der Waals surface area contributed by atoms with Gasteiger partial charge < -0.3 is 5.32 Å². The van der Waals surface area contributed by atoms with Crippen LogP contribution in [-0.2, 0) is 0 Å². The molecule has 2 aliphatic heterocycles. The summed E-state index contributed by atoms with van der Waals surface area (Å²) in [5.74, 6) is 0.0497. The van der Waals surface area contributed by atoms with Gasteiger partial charge in [-0.3, -0.25) is 9.69 Å². The Balaban J connectivity index is 1.34. The molecule has 2 aliphatic rings. The zero-order valence-corrected chi connectivity index (χ0v) is 16.0. The Morgan fingerprint density at radius 3 is 2.63 bits per heavy atom. The number of piperidine rings is 2. The van der Waals surface area contributed by atoms with Gasteiger partial charge in [0.2, 0.25) is 0 Å². The number of halogens is 2. The van der Waals surface area contributed by atoms with Gasteiger partial charge in [0, 0.05) is 35.8 Å². The van der Waals surface area contributed by atoms with Crippen LogP contribution >= 0.6 is 11.6 Å². The molecule has 3 atom stereocenters. The molecule has 0 saturated carbocycles. The lowest BCUT2D eigenvalue weighted by atomic mass is 9.82. The summed E-state index contributed by atoms with van der Waals surface area (Å²) in [6, 6.07) is 14.6. The highest BCUT2D eigenvalue weighted by Crippen LogP contribution is 2.36. The van der Waals surface area contributed by atoms with Crippen LogP contribution in [0.5, 0.6) is 0 Å². The minimum Gasteiger partial charge on any atom is -0.349 e. The fourth-order valence-corrected chi connectivity index (χ4v) is 4.76. The second kappa shape index (κ2) is 7.99. The Morgan fingerprint density at radius 1 is 1.07 bits per heavy atom. The number of hydrogen-bond acceptors (Lipinski definition) is 2. The average Bonchev–Trinajstić information content (AvgIpc) is 2.68. The minimum absolute atomic E-state index is 0.113. The molecule has 2 heterocycles. The lowest BCUT2D eigenvalue weighted by Gasteiger charge is -2.45. The Hall–Kier alpha value is -1.91. The fourth-order valence-electron chi connectivity index (χ4n) is 4.47. The molecule has 0 aliphatic carbocycles. The van der Waals surface area contributed by atoms with E-state index < -0.39 is 0 Å². The quantitative estimate of drug-likeness (QED) is 0.834. The van der Waals surface area contributed by atoms with E-state index in [1.165, 1.54) is 29.8 Å². The third kappa shape index (κ3) is 4.17. The Kier molecular flexibility index (Phi) is 5.46. The van der Waals surface area contributed by atoms with Crippen LogP contribution in [0.15, 0.2) is 48.5 Å². The van der Waals surface area contributed by atoms with Crippen molar-refractivity contribution in [2.24, 2.45) is 0 Å². The molecule has 0 bridgehead atoms. The smallest absolute Gasteiger partial charge is 0.251 e. The molecule has 0 spiro atoms. The van der Waals surface area contributed by atoms with Crippen LogP contribution in [0.4, 0.5) is 4.39 Å². The molecule has 1 N–H and O–H groups in total. The highest BCUT2D eigenvalue weighted by Gasteiger charge is 2.35. The first-order valence-electron chi connectivity index (χ1n) is 9.65. The number of benzene rings is 2. The predicted molar refractivity (Wildman–Crippen MR) is 106 cm³/mol. The van der Waals surface area contributed by atoms with Gasteiger partial charge in [0.1, 0.15) is 5.82 Å². The van der Waals surface area contributed by atoms with E-state index >= 15 is 0 Å². The molecule has 2 aromatic carbocycles. The van der Waals surface area contributed by atoms with Crippen molar-refractivity contribution >= 4 is 17.5 Å².